The van der Waals surface area contributed by atoms with E-state index in [9.17, 15) is 14.5 Å². The largest absolute Gasteiger partial charge is 0.377 e. The summed E-state index contributed by atoms with van der Waals surface area (Å²) in [6.07, 6.45) is 2.99. The highest BCUT2D eigenvalue weighted by Crippen LogP contribution is 2.35. The summed E-state index contributed by atoms with van der Waals surface area (Å²) in [5.41, 5.74) is 0.0336. The van der Waals surface area contributed by atoms with Crippen LogP contribution >= 0.6 is 11.6 Å². The number of hydrogen-bond donors (Lipinski definition) is 1. The molecule has 0 saturated heterocycles. The number of rotatable bonds is 3. The van der Waals surface area contributed by atoms with Crippen molar-refractivity contribution in [3.8, 4) is 0 Å². The van der Waals surface area contributed by atoms with E-state index in [1.165, 1.54) is 6.07 Å². The Morgan fingerprint density at radius 1 is 1.35 bits per heavy atom. The van der Waals surface area contributed by atoms with Crippen LogP contribution < -0.4 is 5.32 Å². The molecule has 3 atom stereocenters. The van der Waals surface area contributed by atoms with Crippen molar-refractivity contribution in [3.63, 3.8) is 0 Å². The van der Waals surface area contributed by atoms with Gasteiger partial charge in [0.2, 0.25) is 0 Å². The number of halogens is 2. The molecular formula is C14H18ClFN2O2. The summed E-state index contributed by atoms with van der Waals surface area (Å²) < 4.78 is 13.3. The van der Waals surface area contributed by atoms with Crippen LogP contribution in [0.1, 0.15) is 33.1 Å². The minimum atomic E-state index is -0.769. The van der Waals surface area contributed by atoms with Gasteiger partial charge in [0.1, 0.15) is 11.5 Å². The Bertz CT molecular complexity index is 524. The molecule has 0 spiro atoms. The monoisotopic (exact) mass is 300 g/mol. The Kier molecular flexibility index (Phi) is 4.48. The van der Waals surface area contributed by atoms with E-state index in [1.807, 2.05) is 0 Å². The summed E-state index contributed by atoms with van der Waals surface area (Å²) in [6.45, 7) is 4.41. The average molecular weight is 301 g/mol. The molecule has 1 saturated carbocycles. The lowest BCUT2D eigenvalue weighted by atomic mass is 9.79. The standard InChI is InChI=1S/C14H18ClFN2O2/c1-8-3-4-10(5-9(8)2)17-13-6-11(15)12(16)7-14(13)18(19)20/h6-10,17H,3-5H2,1-2H3. The molecule has 6 heteroatoms. The van der Waals surface area contributed by atoms with E-state index in [-0.39, 0.29) is 16.8 Å². The van der Waals surface area contributed by atoms with Crippen LogP contribution in [0.5, 0.6) is 0 Å². The van der Waals surface area contributed by atoms with E-state index < -0.39 is 10.7 Å². The number of anilines is 1. The molecule has 0 radical (unpaired) electrons. The average Bonchev–Trinajstić information content (AvgIpc) is 2.37. The fraction of sp³-hybridized carbons (Fsp3) is 0.571. The molecule has 1 aliphatic rings. The van der Waals surface area contributed by atoms with Crippen molar-refractivity contribution in [2.24, 2.45) is 11.8 Å². The van der Waals surface area contributed by atoms with Gasteiger partial charge in [0.15, 0.2) is 0 Å². The molecule has 1 aliphatic carbocycles. The van der Waals surface area contributed by atoms with Crippen molar-refractivity contribution in [1.82, 2.24) is 0 Å². The SMILES string of the molecule is CC1CCC(Nc2cc(Cl)c(F)cc2[N+](=O)[O-])CC1C. The third-order valence-electron chi connectivity index (χ3n) is 4.19. The highest BCUT2D eigenvalue weighted by molar-refractivity contribution is 6.31. The lowest BCUT2D eigenvalue weighted by Crippen LogP contribution is -2.30. The van der Waals surface area contributed by atoms with E-state index in [2.05, 4.69) is 19.2 Å². The predicted octanol–water partition coefficient (Wildman–Crippen LogP) is 4.62. The van der Waals surface area contributed by atoms with Crippen LogP contribution in [0.2, 0.25) is 5.02 Å². The highest BCUT2D eigenvalue weighted by atomic mass is 35.5. The third kappa shape index (κ3) is 3.20. The zero-order valence-electron chi connectivity index (χ0n) is 11.5. The second-order valence-corrected chi connectivity index (χ2v) is 6.06. The zero-order chi connectivity index (χ0) is 14.9. The Balaban J connectivity index is 2.20. The van der Waals surface area contributed by atoms with E-state index in [0.29, 0.717) is 17.5 Å². The number of nitrogens with zero attached hydrogens (tertiary/aromatic N) is 1. The first-order chi connectivity index (χ1) is 9.38. The molecule has 2 rings (SSSR count). The maximum absolute atomic E-state index is 13.3. The van der Waals surface area contributed by atoms with E-state index in [0.717, 1.165) is 25.3 Å². The first kappa shape index (κ1) is 15.0. The maximum atomic E-state index is 13.3. The summed E-state index contributed by atoms with van der Waals surface area (Å²) in [4.78, 5) is 10.4. The Morgan fingerprint density at radius 2 is 2.05 bits per heavy atom. The number of nitro groups is 1. The van der Waals surface area contributed by atoms with Gasteiger partial charge in [-0.15, -0.1) is 0 Å². The van der Waals surface area contributed by atoms with Crippen molar-refractivity contribution in [2.45, 2.75) is 39.2 Å². The van der Waals surface area contributed by atoms with Gasteiger partial charge < -0.3 is 5.32 Å². The molecule has 1 fully saturated rings. The summed E-state index contributed by atoms with van der Waals surface area (Å²) in [7, 11) is 0. The number of benzene rings is 1. The van der Waals surface area contributed by atoms with Crippen molar-refractivity contribution < 1.29 is 9.31 Å². The van der Waals surface area contributed by atoms with Crippen LogP contribution in [0.15, 0.2) is 12.1 Å². The smallest absolute Gasteiger partial charge is 0.295 e. The van der Waals surface area contributed by atoms with Gasteiger partial charge in [0.05, 0.1) is 16.0 Å². The van der Waals surface area contributed by atoms with Crippen LogP contribution in [0.25, 0.3) is 0 Å². The summed E-state index contributed by atoms with van der Waals surface area (Å²) in [5, 5.41) is 14.1. The molecule has 1 aromatic carbocycles. The van der Waals surface area contributed by atoms with Crippen LogP contribution in [0.3, 0.4) is 0 Å². The second-order valence-electron chi connectivity index (χ2n) is 5.65. The Hall–Kier alpha value is -1.36. The molecule has 3 unspecified atom stereocenters. The van der Waals surface area contributed by atoms with Crippen LogP contribution in [-0.2, 0) is 0 Å². The minimum absolute atomic E-state index is 0.102. The number of nitrogens with one attached hydrogen (secondary N) is 1. The molecule has 110 valence electrons. The van der Waals surface area contributed by atoms with E-state index in [1.54, 1.807) is 0 Å². The van der Waals surface area contributed by atoms with E-state index >= 15 is 0 Å². The van der Waals surface area contributed by atoms with Gasteiger partial charge in [0, 0.05) is 6.04 Å². The minimum Gasteiger partial charge on any atom is -0.377 e. The normalized spacial score (nSPS) is 26.3. The highest BCUT2D eigenvalue weighted by Gasteiger charge is 2.27. The number of nitro benzene ring substituents is 1. The molecule has 1 N–H and O–H groups in total. The fourth-order valence-electron chi connectivity index (χ4n) is 2.70. The van der Waals surface area contributed by atoms with Gasteiger partial charge in [-0.1, -0.05) is 25.4 Å². The topological polar surface area (TPSA) is 55.2 Å². The quantitative estimate of drug-likeness (QED) is 0.654. The maximum Gasteiger partial charge on any atom is 0.295 e. The van der Waals surface area contributed by atoms with Crippen LogP contribution in [-0.4, -0.2) is 11.0 Å². The molecule has 0 bridgehead atoms. The fourth-order valence-corrected chi connectivity index (χ4v) is 2.87. The summed E-state index contributed by atoms with van der Waals surface area (Å²) in [5.74, 6) is 0.464. The lowest BCUT2D eigenvalue weighted by Gasteiger charge is -2.33. The van der Waals surface area contributed by atoms with E-state index in [4.69, 9.17) is 11.6 Å². The zero-order valence-corrected chi connectivity index (χ0v) is 12.3. The van der Waals surface area contributed by atoms with Gasteiger partial charge in [-0.2, -0.15) is 0 Å². The molecule has 4 nitrogen and oxygen atoms in total. The van der Waals surface area contributed by atoms with Gasteiger partial charge in [-0.3, -0.25) is 10.1 Å². The molecule has 0 heterocycles. The summed E-state index contributed by atoms with van der Waals surface area (Å²) >= 11 is 5.72. The van der Waals surface area contributed by atoms with Crippen LogP contribution in [0, 0.1) is 27.8 Å². The van der Waals surface area contributed by atoms with Gasteiger partial charge in [-0.25, -0.2) is 4.39 Å². The molecule has 0 aliphatic heterocycles. The number of hydrogen-bond acceptors (Lipinski definition) is 3. The van der Waals surface area contributed by atoms with Crippen molar-refractivity contribution >= 4 is 23.0 Å². The van der Waals surface area contributed by atoms with Crippen molar-refractivity contribution in [1.29, 1.82) is 0 Å². The van der Waals surface area contributed by atoms with Crippen molar-refractivity contribution in [2.75, 3.05) is 5.32 Å². The molecule has 1 aromatic rings. The van der Waals surface area contributed by atoms with Gasteiger partial charge in [0.25, 0.3) is 5.69 Å². The first-order valence-electron chi connectivity index (χ1n) is 6.78. The van der Waals surface area contributed by atoms with Crippen molar-refractivity contribution in [3.05, 3.63) is 33.1 Å². The molecule has 0 aromatic heterocycles. The third-order valence-corrected chi connectivity index (χ3v) is 4.48. The van der Waals surface area contributed by atoms with Gasteiger partial charge >= 0.3 is 0 Å². The second kappa shape index (κ2) is 5.95. The van der Waals surface area contributed by atoms with Gasteiger partial charge in [-0.05, 0) is 37.2 Å². The lowest BCUT2D eigenvalue weighted by molar-refractivity contribution is -0.384. The summed E-state index contributed by atoms with van der Waals surface area (Å²) in [6, 6.07) is 2.35. The Morgan fingerprint density at radius 3 is 2.65 bits per heavy atom. The molecular weight excluding hydrogens is 283 g/mol. The molecule has 0 amide bonds. The van der Waals surface area contributed by atoms with Crippen LogP contribution in [0.4, 0.5) is 15.8 Å². The predicted molar refractivity (Wildman–Crippen MR) is 77.7 cm³/mol. The first-order valence-corrected chi connectivity index (χ1v) is 7.16. The molecule has 20 heavy (non-hydrogen) atoms. The Labute approximate surface area is 122 Å².